The fourth-order valence-electron chi connectivity index (χ4n) is 1.93. The van der Waals surface area contributed by atoms with Crippen LogP contribution in [-0.2, 0) is 14.1 Å². The van der Waals surface area contributed by atoms with Crippen LogP contribution in [0.25, 0.3) is 0 Å². The van der Waals surface area contributed by atoms with Crippen LogP contribution >= 0.6 is 31.9 Å². The van der Waals surface area contributed by atoms with Gasteiger partial charge in [-0.2, -0.15) is 0 Å². The Balaban J connectivity index is 2.32. The van der Waals surface area contributed by atoms with E-state index < -0.39 is 17.0 Å². The quantitative estimate of drug-likeness (QED) is 0.717. The second-order valence-electron chi connectivity index (χ2n) is 4.75. The summed E-state index contributed by atoms with van der Waals surface area (Å²) < 4.78 is 8.80. The van der Waals surface area contributed by atoms with E-state index in [1.54, 1.807) is 18.2 Å². The lowest BCUT2D eigenvalue weighted by Gasteiger charge is -2.12. The number of hydrogen-bond acceptors (Lipinski definition) is 5. The Hall–Kier alpha value is -1.87. The van der Waals surface area contributed by atoms with Crippen LogP contribution in [0.3, 0.4) is 0 Å². The molecular formula is C14H13Br2N3O4. The van der Waals surface area contributed by atoms with Gasteiger partial charge in [0.2, 0.25) is 5.78 Å². The van der Waals surface area contributed by atoms with Crippen LogP contribution in [-0.4, -0.2) is 21.5 Å². The number of benzene rings is 1. The first kappa shape index (κ1) is 17.5. The summed E-state index contributed by atoms with van der Waals surface area (Å²) in [5.74, 6) is -0.336. The van der Waals surface area contributed by atoms with Gasteiger partial charge < -0.3 is 10.5 Å². The van der Waals surface area contributed by atoms with Crippen molar-refractivity contribution in [2.45, 2.75) is 0 Å². The van der Waals surface area contributed by atoms with E-state index in [0.29, 0.717) is 10.2 Å². The van der Waals surface area contributed by atoms with Crippen LogP contribution in [0.1, 0.15) is 10.4 Å². The summed E-state index contributed by atoms with van der Waals surface area (Å²) in [6.45, 7) is -0.377. The number of nitrogens with zero attached hydrogens (tertiary/aromatic N) is 2. The number of anilines is 1. The first-order valence-corrected chi connectivity index (χ1v) is 7.99. The fourth-order valence-corrected chi connectivity index (χ4v) is 3.09. The lowest BCUT2D eigenvalue weighted by Crippen LogP contribution is -2.42. The number of halogens is 2. The summed E-state index contributed by atoms with van der Waals surface area (Å²) in [7, 11) is 2.67. The van der Waals surface area contributed by atoms with Crippen molar-refractivity contribution in [3.05, 3.63) is 53.5 Å². The van der Waals surface area contributed by atoms with Crippen molar-refractivity contribution < 1.29 is 9.53 Å². The van der Waals surface area contributed by atoms with Crippen molar-refractivity contribution in [3.63, 3.8) is 0 Å². The fraction of sp³-hybridized carbons (Fsp3) is 0.214. The Kier molecular flexibility index (Phi) is 5.10. The van der Waals surface area contributed by atoms with Crippen LogP contribution in [0.15, 0.2) is 36.7 Å². The van der Waals surface area contributed by atoms with E-state index in [1.165, 1.54) is 14.1 Å². The number of ether oxygens (including phenoxy) is 1. The van der Waals surface area contributed by atoms with Gasteiger partial charge in [-0.25, -0.2) is 4.79 Å². The highest BCUT2D eigenvalue weighted by molar-refractivity contribution is 9.11. The molecule has 0 spiro atoms. The number of nitrogen functional groups attached to an aromatic ring is 1. The maximum absolute atomic E-state index is 12.3. The number of aromatic nitrogens is 2. The smallest absolute Gasteiger partial charge is 0.332 e. The third-order valence-electron chi connectivity index (χ3n) is 3.24. The molecule has 1 aromatic carbocycles. The lowest BCUT2D eigenvalue weighted by atomic mass is 10.2. The number of ketones is 1. The molecular weight excluding hydrogens is 434 g/mol. The van der Waals surface area contributed by atoms with Crippen LogP contribution in [0.2, 0.25) is 0 Å². The number of carbonyl (C=O) groups is 1. The van der Waals surface area contributed by atoms with Crippen LogP contribution in [0.5, 0.6) is 5.75 Å². The second kappa shape index (κ2) is 6.71. The van der Waals surface area contributed by atoms with E-state index in [9.17, 15) is 14.4 Å². The molecule has 0 saturated heterocycles. The van der Waals surface area contributed by atoms with E-state index in [2.05, 4.69) is 31.9 Å². The number of rotatable bonds is 4. The molecule has 2 rings (SSSR count). The van der Waals surface area contributed by atoms with Crippen LogP contribution in [0, 0.1) is 0 Å². The molecule has 0 bridgehead atoms. The molecule has 7 nitrogen and oxygen atoms in total. The Labute approximate surface area is 147 Å². The summed E-state index contributed by atoms with van der Waals surface area (Å²) in [5.41, 5.74) is 4.13. The largest absolute Gasteiger partial charge is 0.484 e. The summed E-state index contributed by atoms with van der Waals surface area (Å²) in [5, 5.41) is 0. The van der Waals surface area contributed by atoms with Crippen molar-refractivity contribution in [3.8, 4) is 5.75 Å². The lowest BCUT2D eigenvalue weighted by molar-refractivity contribution is 0.0919. The van der Waals surface area contributed by atoms with E-state index in [0.717, 1.165) is 13.6 Å². The topological polar surface area (TPSA) is 96.3 Å². The average Bonchev–Trinajstić information content (AvgIpc) is 2.50. The molecule has 0 aliphatic carbocycles. The SMILES string of the molecule is Cn1c(N)c(C(=O)COc2ccc(Br)cc2Br)c(=O)n(C)c1=O. The average molecular weight is 447 g/mol. The van der Waals surface area contributed by atoms with E-state index in [4.69, 9.17) is 10.5 Å². The number of Topliss-reactive ketones (excluding diaryl/α,β-unsaturated/α-hetero) is 1. The van der Waals surface area contributed by atoms with Crippen molar-refractivity contribution in [1.82, 2.24) is 9.13 Å². The maximum Gasteiger partial charge on any atom is 0.332 e. The zero-order valence-corrected chi connectivity index (χ0v) is 15.5. The third kappa shape index (κ3) is 3.40. The number of hydrogen-bond donors (Lipinski definition) is 1. The van der Waals surface area contributed by atoms with E-state index in [1.807, 2.05) is 0 Å². The second-order valence-corrected chi connectivity index (χ2v) is 6.52. The molecule has 9 heteroatoms. The van der Waals surface area contributed by atoms with Gasteiger partial charge in [0, 0.05) is 18.6 Å². The molecule has 0 aliphatic heterocycles. The maximum atomic E-state index is 12.3. The summed E-state index contributed by atoms with van der Waals surface area (Å²) in [6, 6.07) is 5.19. The van der Waals surface area contributed by atoms with Gasteiger partial charge in [0.05, 0.1) is 4.47 Å². The molecule has 0 aliphatic rings. The molecule has 0 amide bonds. The summed E-state index contributed by atoms with van der Waals surface area (Å²) in [6.07, 6.45) is 0. The number of nitrogens with two attached hydrogens (primary N) is 1. The molecule has 0 saturated carbocycles. The van der Waals surface area contributed by atoms with Crippen LogP contribution < -0.4 is 21.7 Å². The highest BCUT2D eigenvalue weighted by atomic mass is 79.9. The first-order chi connectivity index (χ1) is 10.7. The Morgan fingerprint density at radius 1 is 1.22 bits per heavy atom. The van der Waals surface area contributed by atoms with Gasteiger partial charge >= 0.3 is 5.69 Å². The van der Waals surface area contributed by atoms with Crippen LogP contribution in [0.4, 0.5) is 5.82 Å². The minimum Gasteiger partial charge on any atom is -0.484 e. The molecule has 0 unspecified atom stereocenters. The van der Waals surface area contributed by atoms with Gasteiger partial charge in [-0.1, -0.05) is 15.9 Å². The number of carbonyl (C=O) groups excluding carboxylic acids is 1. The Morgan fingerprint density at radius 3 is 2.48 bits per heavy atom. The molecule has 1 aromatic heterocycles. The van der Waals surface area contributed by atoms with Gasteiger partial charge in [-0.05, 0) is 34.1 Å². The van der Waals surface area contributed by atoms with E-state index >= 15 is 0 Å². The first-order valence-electron chi connectivity index (χ1n) is 6.40. The van der Waals surface area contributed by atoms with E-state index in [-0.39, 0.29) is 18.0 Å². The predicted molar refractivity (Wildman–Crippen MR) is 93.0 cm³/mol. The Bertz CT molecular complexity index is 902. The molecule has 2 aromatic rings. The zero-order chi connectivity index (χ0) is 17.3. The zero-order valence-electron chi connectivity index (χ0n) is 12.3. The molecule has 2 N–H and O–H groups in total. The monoisotopic (exact) mass is 445 g/mol. The van der Waals surface area contributed by atoms with Crippen molar-refractivity contribution in [2.75, 3.05) is 12.3 Å². The van der Waals surface area contributed by atoms with Crippen molar-refractivity contribution in [1.29, 1.82) is 0 Å². The molecule has 23 heavy (non-hydrogen) atoms. The van der Waals surface area contributed by atoms with Gasteiger partial charge in [-0.15, -0.1) is 0 Å². The van der Waals surface area contributed by atoms with Gasteiger partial charge in [-0.3, -0.25) is 18.7 Å². The molecule has 0 radical (unpaired) electrons. The molecule has 1 heterocycles. The minimum atomic E-state index is -0.742. The molecule has 0 fully saturated rings. The molecule has 0 atom stereocenters. The van der Waals surface area contributed by atoms with Gasteiger partial charge in [0.15, 0.2) is 6.61 Å². The molecule has 122 valence electrons. The minimum absolute atomic E-state index is 0.179. The summed E-state index contributed by atoms with van der Waals surface area (Å²) in [4.78, 5) is 36.1. The highest BCUT2D eigenvalue weighted by Gasteiger charge is 2.20. The van der Waals surface area contributed by atoms with Crippen molar-refractivity contribution in [2.24, 2.45) is 14.1 Å². The van der Waals surface area contributed by atoms with Gasteiger partial charge in [0.1, 0.15) is 17.1 Å². The van der Waals surface area contributed by atoms with Crippen molar-refractivity contribution >= 4 is 43.5 Å². The third-order valence-corrected chi connectivity index (χ3v) is 4.35. The Morgan fingerprint density at radius 2 is 1.87 bits per heavy atom. The summed E-state index contributed by atoms with van der Waals surface area (Å²) >= 11 is 6.62. The highest BCUT2D eigenvalue weighted by Crippen LogP contribution is 2.28. The van der Waals surface area contributed by atoms with Gasteiger partial charge in [0.25, 0.3) is 5.56 Å². The normalized spacial score (nSPS) is 10.6. The predicted octanol–water partition coefficient (Wildman–Crippen LogP) is 1.45. The standard InChI is InChI=1S/C14H13Br2N3O4/c1-18-12(17)11(13(21)19(2)14(18)22)9(20)6-23-10-4-3-7(15)5-8(10)16/h3-5H,6,17H2,1-2H3.